The van der Waals surface area contributed by atoms with E-state index in [0.717, 1.165) is 14.0 Å². The third-order valence-electron chi connectivity index (χ3n) is 1.85. The van der Waals surface area contributed by atoms with Crippen molar-refractivity contribution in [3.8, 4) is 0 Å². The van der Waals surface area contributed by atoms with Gasteiger partial charge in [-0.15, -0.1) is 0 Å². The van der Waals surface area contributed by atoms with Gasteiger partial charge in [0.05, 0.1) is 19.6 Å². The Balaban J connectivity index is 4.69. The summed E-state index contributed by atoms with van der Waals surface area (Å²) in [6.45, 7) is 1.13. The molecule has 0 aromatic heterocycles. The highest BCUT2D eigenvalue weighted by Crippen LogP contribution is 2.08. The summed E-state index contributed by atoms with van der Waals surface area (Å²) in [4.78, 5) is 32.9. The Morgan fingerprint density at radius 2 is 1.93 bits per heavy atom. The van der Waals surface area contributed by atoms with Crippen LogP contribution in [0.1, 0.15) is 13.3 Å². The minimum absolute atomic E-state index is 0.581. The van der Waals surface area contributed by atoms with Gasteiger partial charge in [-0.25, -0.2) is 4.79 Å². The molecule has 0 radical (unpaired) electrons. The van der Waals surface area contributed by atoms with Crippen molar-refractivity contribution < 1.29 is 24.2 Å². The Hall–Kier alpha value is -1.47. The number of methoxy groups -OCH3 is 1. The minimum atomic E-state index is -1.91. The van der Waals surface area contributed by atoms with Gasteiger partial charge in [-0.1, -0.05) is 0 Å². The quantitative estimate of drug-likeness (QED) is 0.368. The number of carboxylic acid groups (broad SMARTS) is 1. The van der Waals surface area contributed by atoms with Crippen LogP contribution in [0.5, 0.6) is 0 Å². The standard InChI is InChI=1S/C8H14N2O5/c1-8(10,7(14)15-2)6(13)4(9)3-5(11)12/h4H,3,9-10H2,1-2H3,(H,11,12)/t4-,8-/m0/s1. The maximum Gasteiger partial charge on any atom is 0.333 e. The number of carboxylic acids is 1. The Labute approximate surface area is 86.4 Å². The van der Waals surface area contributed by atoms with Crippen molar-refractivity contribution in [2.45, 2.75) is 24.9 Å². The van der Waals surface area contributed by atoms with Crippen LogP contribution in [0.25, 0.3) is 0 Å². The van der Waals surface area contributed by atoms with Crippen LogP contribution < -0.4 is 11.5 Å². The molecule has 0 fully saturated rings. The molecule has 0 amide bonds. The predicted octanol–water partition coefficient (Wildman–Crippen LogP) is -1.75. The smallest absolute Gasteiger partial charge is 0.333 e. The molecule has 0 aliphatic heterocycles. The second-order valence-corrected chi connectivity index (χ2v) is 3.26. The first-order chi connectivity index (χ1) is 6.73. The van der Waals surface area contributed by atoms with Gasteiger partial charge in [-0.2, -0.15) is 0 Å². The summed E-state index contributed by atoms with van der Waals surface area (Å²) in [5, 5.41) is 8.41. The molecule has 5 N–H and O–H groups in total. The molecule has 7 heteroatoms. The van der Waals surface area contributed by atoms with Gasteiger partial charge in [0.25, 0.3) is 0 Å². The van der Waals surface area contributed by atoms with E-state index in [9.17, 15) is 14.4 Å². The minimum Gasteiger partial charge on any atom is -0.481 e. The van der Waals surface area contributed by atoms with Crippen LogP contribution in [-0.4, -0.2) is 41.5 Å². The van der Waals surface area contributed by atoms with Crippen molar-refractivity contribution in [1.82, 2.24) is 0 Å². The number of ether oxygens (including phenoxy) is 1. The van der Waals surface area contributed by atoms with E-state index in [2.05, 4.69) is 4.74 Å². The first kappa shape index (κ1) is 13.5. The maximum atomic E-state index is 11.5. The van der Waals surface area contributed by atoms with Gasteiger partial charge >= 0.3 is 11.9 Å². The Kier molecular flexibility index (Phi) is 4.38. The van der Waals surface area contributed by atoms with E-state index in [1.54, 1.807) is 0 Å². The first-order valence-electron chi connectivity index (χ1n) is 4.12. The number of ketones is 1. The average molecular weight is 218 g/mol. The molecule has 0 heterocycles. The van der Waals surface area contributed by atoms with Crippen LogP contribution in [0, 0.1) is 0 Å². The van der Waals surface area contributed by atoms with E-state index < -0.39 is 35.7 Å². The predicted molar refractivity (Wildman–Crippen MR) is 49.8 cm³/mol. The van der Waals surface area contributed by atoms with E-state index in [1.165, 1.54) is 0 Å². The lowest BCUT2D eigenvalue weighted by molar-refractivity contribution is -0.152. The largest absolute Gasteiger partial charge is 0.481 e. The molecule has 0 rings (SSSR count). The molecule has 0 aromatic carbocycles. The number of hydrogen-bond donors (Lipinski definition) is 3. The Morgan fingerprint density at radius 3 is 2.27 bits per heavy atom. The summed E-state index contributed by atoms with van der Waals surface area (Å²) in [7, 11) is 1.07. The summed E-state index contributed by atoms with van der Waals surface area (Å²) >= 11 is 0. The summed E-state index contributed by atoms with van der Waals surface area (Å²) < 4.78 is 4.30. The van der Waals surface area contributed by atoms with Crippen molar-refractivity contribution in [1.29, 1.82) is 0 Å². The summed E-state index contributed by atoms with van der Waals surface area (Å²) in [5.74, 6) is -3.05. The SMILES string of the molecule is COC(=O)[C@@](C)(N)C(=O)[C@@H](N)CC(=O)O. The Morgan fingerprint density at radius 1 is 1.47 bits per heavy atom. The summed E-state index contributed by atoms with van der Waals surface area (Å²) in [6, 6.07) is -1.32. The highest BCUT2D eigenvalue weighted by atomic mass is 16.5. The number of esters is 1. The summed E-state index contributed by atoms with van der Waals surface area (Å²) in [6.07, 6.45) is -0.581. The topological polar surface area (TPSA) is 133 Å². The fraction of sp³-hybridized carbons (Fsp3) is 0.625. The number of hydrogen-bond acceptors (Lipinski definition) is 6. The number of nitrogens with two attached hydrogens (primary N) is 2. The van der Waals surface area contributed by atoms with Gasteiger partial charge in [0.1, 0.15) is 0 Å². The summed E-state index contributed by atoms with van der Waals surface area (Å²) in [5.41, 5.74) is 8.76. The van der Waals surface area contributed by atoms with Gasteiger partial charge in [0.2, 0.25) is 0 Å². The van der Waals surface area contributed by atoms with E-state index in [0.29, 0.717) is 0 Å². The zero-order chi connectivity index (χ0) is 12.2. The number of carbonyl (C=O) groups is 3. The maximum absolute atomic E-state index is 11.5. The zero-order valence-corrected chi connectivity index (χ0v) is 8.52. The van der Waals surface area contributed by atoms with E-state index >= 15 is 0 Å². The van der Waals surface area contributed by atoms with Gasteiger partial charge in [-0.05, 0) is 6.92 Å². The van der Waals surface area contributed by atoms with E-state index in [4.69, 9.17) is 16.6 Å². The first-order valence-corrected chi connectivity index (χ1v) is 4.12. The molecular weight excluding hydrogens is 204 g/mol. The molecule has 0 saturated heterocycles. The normalized spacial score (nSPS) is 16.3. The highest BCUT2D eigenvalue weighted by Gasteiger charge is 2.41. The highest BCUT2D eigenvalue weighted by molar-refractivity contribution is 6.10. The fourth-order valence-electron chi connectivity index (χ4n) is 0.979. The molecule has 0 aliphatic carbocycles. The molecule has 15 heavy (non-hydrogen) atoms. The number of aliphatic carboxylic acids is 1. The second kappa shape index (κ2) is 4.85. The second-order valence-electron chi connectivity index (χ2n) is 3.26. The lowest BCUT2D eigenvalue weighted by Gasteiger charge is -2.22. The van der Waals surface area contributed by atoms with Gasteiger partial charge in [-0.3, -0.25) is 9.59 Å². The molecule has 7 nitrogen and oxygen atoms in total. The van der Waals surface area contributed by atoms with Crippen LogP contribution in [0.2, 0.25) is 0 Å². The van der Waals surface area contributed by atoms with Crippen LogP contribution >= 0.6 is 0 Å². The van der Waals surface area contributed by atoms with Crippen LogP contribution in [0.4, 0.5) is 0 Å². The lowest BCUT2D eigenvalue weighted by atomic mass is 9.91. The van der Waals surface area contributed by atoms with E-state index in [-0.39, 0.29) is 0 Å². The Bertz CT molecular complexity index is 287. The number of Topliss-reactive ketones (excluding diaryl/α,β-unsaturated/α-hetero) is 1. The van der Waals surface area contributed by atoms with Gasteiger partial charge < -0.3 is 21.3 Å². The number of rotatable bonds is 5. The van der Waals surface area contributed by atoms with Crippen LogP contribution in [0.3, 0.4) is 0 Å². The average Bonchev–Trinajstić information content (AvgIpc) is 2.13. The molecule has 0 bridgehead atoms. The van der Waals surface area contributed by atoms with Crippen LogP contribution in [-0.2, 0) is 19.1 Å². The van der Waals surface area contributed by atoms with Crippen molar-refractivity contribution in [2.24, 2.45) is 11.5 Å². The lowest BCUT2D eigenvalue weighted by Crippen LogP contribution is -2.58. The molecule has 0 aliphatic rings. The van der Waals surface area contributed by atoms with Crippen molar-refractivity contribution in [2.75, 3.05) is 7.11 Å². The van der Waals surface area contributed by atoms with Gasteiger partial charge in [0.15, 0.2) is 11.3 Å². The van der Waals surface area contributed by atoms with Crippen molar-refractivity contribution in [3.05, 3.63) is 0 Å². The monoisotopic (exact) mass is 218 g/mol. The fourth-order valence-corrected chi connectivity index (χ4v) is 0.979. The molecule has 2 atom stereocenters. The molecule has 0 aromatic rings. The third-order valence-corrected chi connectivity index (χ3v) is 1.85. The zero-order valence-electron chi connectivity index (χ0n) is 8.52. The van der Waals surface area contributed by atoms with Crippen LogP contribution in [0.15, 0.2) is 0 Å². The van der Waals surface area contributed by atoms with E-state index in [1.807, 2.05) is 0 Å². The molecule has 86 valence electrons. The molecule has 0 saturated carbocycles. The number of carbonyl (C=O) groups excluding carboxylic acids is 2. The van der Waals surface area contributed by atoms with Crippen molar-refractivity contribution >= 4 is 17.7 Å². The van der Waals surface area contributed by atoms with Crippen molar-refractivity contribution in [3.63, 3.8) is 0 Å². The van der Waals surface area contributed by atoms with Gasteiger partial charge in [0, 0.05) is 0 Å². The molecule has 0 spiro atoms. The molecule has 0 unspecified atom stereocenters. The molecular formula is C8H14N2O5. The third kappa shape index (κ3) is 3.30.